The standard InChI is InChI=1S/C16H11N5O2S2/c17-13(22)10-5-8(6-18-10)11-7-24-16(20-11)21-14(23)15-19-9-3-1-2-4-12(9)25-15/h1-7,18H,(H2,17,22)(H,20,21,23). The molecule has 3 aromatic heterocycles. The van der Waals surface area contributed by atoms with Crippen LogP contribution >= 0.6 is 22.7 Å². The van der Waals surface area contributed by atoms with Crippen LogP contribution in [0.1, 0.15) is 20.3 Å². The molecule has 0 radical (unpaired) electrons. The Morgan fingerprint density at radius 2 is 2.04 bits per heavy atom. The number of carbonyl (C=O) groups is 2. The van der Waals surface area contributed by atoms with Crippen LogP contribution < -0.4 is 11.1 Å². The summed E-state index contributed by atoms with van der Waals surface area (Å²) in [6.45, 7) is 0. The maximum atomic E-state index is 12.4. The van der Waals surface area contributed by atoms with Gasteiger partial charge in [0.15, 0.2) is 10.1 Å². The Labute approximate surface area is 149 Å². The molecule has 0 aliphatic heterocycles. The normalized spacial score (nSPS) is 10.9. The summed E-state index contributed by atoms with van der Waals surface area (Å²) in [6.07, 6.45) is 1.65. The molecule has 0 aliphatic carbocycles. The lowest BCUT2D eigenvalue weighted by molar-refractivity contribution is 0.0994. The van der Waals surface area contributed by atoms with Crippen LogP contribution in [-0.2, 0) is 0 Å². The lowest BCUT2D eigenvalue weighted by Crippen LogP contribution is -2.11. The molecule has 1 aromatic carbocycles. The number of rotatable bonds is 4. The molecule has 0 fully saturated rings. The van der Waals surface area contributed by atoms with Crippen LogP contribution in [0.4, 0.5) is 5.13 Å². The maximum absolute atomic E-state index is 12.4. The Balaban J connectivity index is 1.53. The first-order valence-corrected chi connectivity index (χ1v) is 8.91. The Bertz CT molecular complexity index is 1060. The number of fused-ring (bicyclic) bond motifs is 1. The van der Waals surface area contributed by atoms with Crippen molar-refractivity contribution in [2.45, 2.75) is 0 Å². The minimum atomic E-state index is -0.536. The molecular formula is C16H11N5O2S2. The highest BCUT2D eigenvalue weighted by atomic mass is 32.1. The number of para-hydroxylation sites is 1. The van der Waals surface area contributed by atoms with Crippen molar-refractivity contribution in [1.29, 1.82) is 0 Å². The van der Waals surface area contributed by atoms with E-state index in [9.17, 15) is 9.59 Å². The highest BCUT2D eigenvalue weighted by Crippen LogP contribution is 2.27. The van der Waals surface area contributed by atoms with Crippen LogP contribution in [0.15, 0.2) is 41.9 Å². The quantitative estimate of drug-likeness (QED) is 0.513. The number of anilines is 1. The molecule has 0 saturated carbocycles. The topological polar surface area (TPSA) is 114 Å². The van der Waals surface area contributed by atoms with Crippen molar-refractivity contribution in [3.8, 4) is 11.3 Å². The first kappa shape index (κ1) is 15.5. The Morgan fingerprint density at radius 3 is 2.80 bits per heavy atom. The van der Waals surface area contributed by atoms with E-state index >= 15 is 0 Å². The van der Waals surface area contributed by atoms with Gasteiger partial charge in [0.05, 0.1) is 15.9 Å². The minimum Gasteiger partial charge on any atom is -0.364 e. The molecule has 0 atom stereocenters. The van der Waals surface area contributed by atoms with Gasteiger partial charge < -0.3 is 10.7 Å². The second-order valence-electron chi connectivity index (χ2n) is 5.15. The zero-order valence-electron chi connectivity index (χ0n) is 12.6. The number of thiazole rings is 2. The average Bonchev–Trinajstić information content (AvgIpc) is 3.32. The molecule has 3 heterocycles. The Morgan fingerprint density at radius 1 is 1.20 bits per heavy atom. The van der Waals surface area contributed by atoms with Gasteiger partial charge in [0, 0.05) is 17.1 Å². The second-order valence-corrected chi connectivity index (χ2v) is 7.03. The van der Waals surface area contributed by atoms with Crippen molar-refractivity contribution in [3.05, 3.63) is 52.6 Å². The van der Waals surface area contributed by atoms with E-state index in [0.29, 0.717) is 21.5 Å². The smallest absolute Gasteiger partial charge is 0.286 e. The van der Waals surface area contributed by atoms with Gasteiger partial charge in [0.25, 0.3) is 11.8 Å². The Kier molecular flexibility index (Phi) is 3.79. The van der Waals surface area contributed by atoms with Crippen LogP contribution in [0, 0.1) is 0 Å². The van der Waals surface area contributed by atoms with Gasteiger partial charge in [0.1, 0.15) is 5.69 Å². The predicted molar refractivity (Wildman–Crippen MR) is 98.0 cm³/mol. The number of nitrogens with two attached hydrogens (primary N) is 1. The summed E-state index contributed by atoms with van der Waals surface area (Å²) in [5, 5.41) is 5.39. The molecule has 0 unspecified atom stereocenters. The zero-order chi connectivity index (χ0) is 17.4. The second kappa shape index (κ2) is 6.11. The SMILES string of the molecule is NC(=O)c1cc(-c2csc(NC(=O)c3nc4ccccc4s3)n2)c[nH]1. The molecule has 9 heteroatoms. The molecule has 7 nitrogen and oxygen atoms in total. The van der Waals surface area contributed by atoms with Gasteiger partial charge in [0.2, 0.25) is 0 Å². The van der Waals surface area contributed by atoms with Gasteiger partial charge in [-0.15, -0.1) is 22.7 Å². The van der Waals surface area contributed by atoms with Crippen molar-refractivity contribution in [2.75, 3.05) is 5.32 Å². The molecule has 0 saturated heterocycles. The molecule has 4 rings (SSSR count). The number of hydrogen-bond donors (Lipinski definition) is 3. The van der Waals surface area contributed by atoms with Gasteiger partial charge in [-0.05, 0) is 18.2 Å². The first-order chi connectivity index (χ1) is 12.1. The van der Waals surface area contributed by atoms with Gasteiger partial charge in [-0.25, -0.2) is 9.97 Å². The van der Waals surface area contributed by atoms with E-state index < -0.39 is 5.91 Å². The third-order valence-corrected chi connectivity index (χ3v) is 5.25. The predicted octanol–water partition coefficient (Wildman–Crippen LogP) is 3.10. The molecular weight excluding hydrogens is 358 g/mol. The van der Waals surface area contributed by atoms with Crippen LogP contribution in [0.2, 0.25) is 0 Å². The first-order valence-electron chi connectivity index (χ1n) is 7.21. The van der Waals surface area contributed by atoms with E-state index in [-0.39, 0.29) is 5.91 Å². The number of amides is 2. The van der Waals surface area contributed by atoms with E-state index in [0.717, 1.165) is 15.8 Å². The molecule has 4 N–H and O–H groups in total. The lowest BCUT2D eigenvalue weighted by atomic mass is 10.2. The summed E-state index contributed by atoms with van der Waals surface area (Å²) in [5.74, 6) is -0.833. The van der Waals surface area contributed by atoms with Crippen molar-refractivity contribution in [3.63, 3.8) is 0 Å². The number of H-pyrrole nitrogens is 1. The molecule has 0 aliphatic rings. The summed E-state index contributed by atoms with van der Waals surface area (Å²) in [6, 6.07) is 9.21. The molecule has 124 valence electrons. The van der Waals surface area contributed by atoms with E-state index in [1.165, 1.54) is 22.7 Å². The molecule has 0 spiro atoms. The van der Waals surface area contributed by atoms with Crippen molar-refractivity contribution in [1.82, 2.24) is 15.0 Å². The number of nitrogens with one attached hydrogen (secondary N) is 2. The van der Waals surface area contributed by atoms with Gasteiger partial charge in [-0.1, -0.05) is 12.1 Å². The molecule has 4 aromatic rings. The molecule has 25 heavy (non-hydrogen) atoms. The van der Waals surface area contributed by atoms with E-state index in [4.69, 9.17) is 5.73 Å². The largest absolute Gasteiger partial charge is 0.364 e. The fourth-order valence-electron chi connectivity index (χ4n) is 2.27. The zero-order valence-corrected chi connectivity index (χ0v) is 14.3. The molecule has 0 bridgehead atoms. The van der Waals surface area contributed by atoms with Crippen molar-refractivity contribution >= 4 is 49.8 Å². The van der Waals surface area contributed by atoms with Crippen LogP contribution in [0.3, 0.4) is 0 Å². The third kappa shape index (κ3) is 3.02. The fourth-order valence-corrected chi connectivity index (χ4v) is 3.84. The number of carbonyl (C=O) groups excluding carboxylic acids is 2. The summed E-state index contributed by atoms with van der Waals surface area (Å²) < 4.78 is 0.957. The van der Waals surface area contributed by atoms with Gasteiger partial charge in [-0.2, -0.15) is 0 Å². The lowest BCUT2D eigenvalue weighted by Gasteiger charge is -1.96. The Hall–Kier alpha value is -3.04. The average molecular weight is 369 g/mol. The van der Waals surface area contributed by atoms with E-state index in [1.807, 2.05) is 24.3 Å². The van der Waals surface area contributed by atoms with Crippen molar-refractivity contribution in [2.24, 2.45) is 5.73 Å². The van der Waals surface area contributed by atoms with Crippen LogP contribution in [-0.4, -0.2) is 26.8 Å². The van der Waals surface area contributed by atoms with E-state index in [2.05, 4.69) is 20.3 Å². The van der Waals surface area contributed by atoms with Gasteiger partial charge in [-0.3, -0.25) is 14.9 Å². The van der Waals surface area contributed by atoms with Crippen molar-refractivity contribution < 1.29 is 9.59 Å². The number of benzene rings is 1. The summed E-state index contributed by atoms with van der Waals surface area (Å²) in [5.41, 5.74) is 7.70. The minimum absolute atomic E-state index is 0.297. The highest BCUT2D eigenvalue weighted by Gasteiger charge is 2.15. The van der Waals surface area contributed by atoms with Crippen LogP contribution in [0.25, 0.3) is 21.5 Å². The third-order valence-electron chi connectivity index (χ3n) is 3.46. The number of nitrogens with zero attached hydrogens (tertiary/aromatic N) is 2. The number of hydrogen-bond acceptors (Lipinski definition) is 6. The number of aromatic amines is 1. The number of aromatic nitrogens is 3. The monoisotopic (exact) mass is 369 g/mol. The van der Waals surface area contributed by atoms with Crippen LogP contribution in [0.5, 0.6) is 0 Å². The summed E-state index contributed by atoms with van der Waals surface area (Å²) in [7, 11) is 0. The fraction of sp³-hybridized carbons (Fsp3) is 0. The number of primary amides is 1. The summed E-state index contributed by atoms with van der Waals surface area (Å²) in [4.78, 5) is 35.0. The maximum Gasteiger partial charge on any atom is 0.286 e. The highest BCUT2D eigenvalue weighted by molar-refractivity contribution is 7.20. The van der Waals surface area contributed by atoms with Gasteiger partial charge >= 0.3 is 0 Å². The summed E-state index contributed by atoms with van der Waals surface area (Å²) >= 11 is 2.63. The van der Waals surface area contributed by atoms with E-state index in [1.54, 1.807) is 17.6 Å². The molecule has 2 amide bonds.